The molecule has 2 aromatic rings. The van der Waals surface area contributed by atoms with E-state index in [4.69, 9.17) is 0 Å². The molecule has 0 aliphatic rings. The number of rotatable bonds is 6. The molecule has 4 nitrogen and oxygen atoms in total. The summed E-state index contributed by atoms with van der Waals surface area (Å²) >= 11 is 0. The van der Waals surface area contributed by atoms with Crippen molar-refractivity contribution in [3.8, 4) is 0 Å². The van der Waals surface area contributed by atoms with Crippen molar-refractivity contribution in [2.75, 3.05) is 6.54 Å². The van der Waals surface area contributed by atoms with Gasteiger partial charge in [-0.25, -0.2) is 9.37 Å². The van der Waals surface area contributed by atoms with Gasteiger partial charge in [-0.15, -0.1) is 0 Å². The number of pyridine rings is 1. The van der Waals surface area contributed by atoms with Crippen LogP contribution in [0.15, 0.2) is 24.5 Å². The van der Waals surface area contributed by atoms with Crippen LogP contribution < -0.4 is 5.32 Å². The average Bonchev–Trinajstić information content (AvgIpc) is 2.76. The highest BCUT2D eigenvalue weighted by molar-refractivity contribution is 5.78. The Labute approximate surface area is 111 Å². The van der Waals surface area contributed by atoms with Crippen LogP contribution in [0.2, 0.25) is 0 Å². The third-order valence-electron chi connectivity index (χ3n) is 2.91. The molecule has 0 saturated heterocycles. The minimum absolute atomic E-state index is 0.0417. The minimum atomic E-state index is -0.319. The second-order valence-electron chi connectivity index (χ2n) is 4.58. The van der Waals surface area contributed by atoms with Gasteiger partial charge < -0.3 is 9.72 Å². The SMILES string of the molecule is CCCCCNC(=O)Cc1cn2cc(F)ccc2n1. The fourth-order valence-corrected chi connectivity index (χ4v) is 1.93. The number of unbranched alkanes of at least 4 members (excludes halogenated alkanes) is 2. The highest BCUT2D eigenvalue weighted by atomic mass is 19.1. The van der Waals surface area contributed by atoms with E-state index in [2.05, 4.69) is 17.2 Å². The van der Waals surface area contributed by atoms with Crippen LogP contribution in [-0.2, 0) is 11.2 Å². The van der Waals surface area contributed by atoms with Crippen LogP contribution in [-0.4, -0.2) is 21.8 Å². The molecule has 5 heteroatoms. The number of nitrogens with one attached hydrogen (secondary N) is 1. The lowest BCUT2D eigenvalue weighted by Gasteiger charge is -2.02. The van der Waals surface area contributed by atoms with Gasteiger partial charge in [0.2, 0.25) is 5.91 Å². The molecule has 0 radical (unpaired) electrons. The number of hydrogen-bond acceptors (Lipinski definition) is 2. The smallest absolute Gasteiger partial charge is 0.226 e. The number of imidazole rings is 1. The van der Waals surface area contributed by atoms with Crippen LogP contribution >= 0.6 is 0 Å². The molecule has 0 spiro atoms. The highest BCUT2D eigenvalue weighted by Crippen LogP contribution is 2.07. The third-order valence-corrected chi connectivity index (χ3v) is 2.91. The van der Waals surface area contributed by atoms with Gasteiger partial charge in [-0.1, -0.05) is 19.8 Å². The van der Waals surface area contributed by atoms with Crippen LogP contribution in [0.25, 0.3) is 5.65 Å². The molecular weight excluding hydrogens is 245 g/mol. The Balaban J connectivity index is 1.91. The summed E-state index contributed by atoms with van der Waals surface area (Å²) in [6.07, 6.45) is 6.52. The van der Waals surface area contributed by atoms with E-state index in [0.717, 1.165) is 19.3 Å². The molecular formula is C14H18FN3O. The molecule has 0 aromatic carbocycles. The summed E-state index contributed by atoms with van der Waals surface area (Å²) in [5, 5.41) is 2.86. The van der Waals surface area contributed by atoms with Gasteiger partial charge in [-0.2, -0.15) is 0 Å². The molecule has 19 heavy (non-hydrogen) atoms. The lowest BCUT2D eigenvalue weighted by molar-refractivity contribution is -0.120. The van der Waals surface area contributed by atoms with Crippen LogP contribution in [0.4, 0.5) is 4.39 Å². The van der Waals surface area contributed by atoms with Gasteiger partial charge in [0.15, 0.2) is 0 Å². The van der Waals surface area contributed by atoms with Gasteiger partial charge >= 0.3 is 0 Å². The lowest BCUT2D eigenvalue weighted by Crippen LogP contribution is -2.26. The van der Waals surface area contributed by atoms with E-state index in [9.17, 15) is 9.18 Å². The number of hydrogen-bond donors (Lipinski definition) is 1. The van der Waals surface area contributed by atoms with Gasteiger partial charge in [0.25, 0.3) is 0 Å². The largest absolute Gasteiger partial charge is 0.356 e. The summed E-state index contributed by atoms with van der Waals surface area (Å²) in [7, 11) is 0. The first-order valence-corrected chi connectivity index (χ1v) is 6.59. The number of fused-ring (bicyclic) bond motifs is 1. The van der Waals surface area contributed by atoms with Crippen molar-refractivity contribution in [1.82, 2.24) is 14.7 Å². The molecule has 0 saturated carbocycles. The number of aromatic nitrogens is 2. The zero-order chi connectivity index (χ0) is 13.7. The zero-order valence-electron chi connectivity index (χ0n) is 11.0. The third kappa shape index (κ3) is 3.77. The first kappa shape index (κ1) is 13.5. The quantitative estimate of drug-likeness (QED) is 0.813. The maximum Gasteiger partial charge on any atom is 0.226 e. The Morgan fingerprint density at radius 3 is 3.00 bits per heavy atom. The monoisotopic (exact) mass is 263 g/mol. The summed E-state index contributed by atoms with van der Waals surface area (Å²) in [6, 6.07) is 2.95. The first-order valence-electron chi connectivity index (χ1n) is 6.59. The van der Waals surface area contributed by atoms with Crippen molar-refractivity contribution < 1.29 is 9.18 Å². The zero-order valence-corrected chi connectivity index (χ0v) is 11.0. The van der Waals surface area contributed by atoms with Gasteiger partial charge in [0, 0.05) is 18.9 Å². The molecule has 1 amide bonds. The van der Waals surface area contributed by atoms with E-state index >= 15 is 0 Å². The summed E-state index contributed by atoms with van der Waals surface area (Å²) in [5.74, 6) is -0.361. The summed E-state index contributed by atoms with van der Waals surface area (Å²) in [5.41, 5.74) is 1.30. The van der Waals surface area contributed by atoms with Crippen molar-refractivity contribution in [2.45, 2.75) is 32.6 Å². The predicted octanol–water partition coefficient (Wildman–Crippen LogP) is 2.32. The lowest BCUT2D eigenvalue weighted by atomic mass is 10.2. The second-order valence-corrected chi connectivity index (χ2v) is 4.58. The Hall–Kier alpha value is -1.91. The Morgan fingerprint density at radius 2 is 2.21 bits per heavy atom. The van der Waals surface area contributed by atoms with Crippen LogP contribution in [0.5, 0.6) is 0 Å². The molecule has 102 valence electrons. The molecule has 0 atom stereocenters. The van der Waals surface area contributed by atoms with Crippen molar-refractivity contribution in [2.24, 2.45) is 0 Å². The number of amides is 1. The Kier molecular flexibility index (Phi) is 4.49. The Bertz CT molecular complexity index is 565. The number of nitrogens with zero attached hydrogens (tertiary/aromatic N) is 2. The van der Waals surface area contributed by atoms with E-state index in [1.54, 1.807) is 16.7 Å². The standard InChI is InChI=1S/C14H18FN3O/c1-2-3-4-7-16-14(19)8-12-10-18-9-11(15)5-6-13(18)17-12/h5-6,9-10H,2-4,7-8H2,1H3,(H,16,19). The molecule has 0 unspecified atom stereocenters. The van der Waals surface area contributed by atoms with Crippen molar-refractivity contribution in [1.29, 1.82) is 0 Å². The van der Waals surface area contributed by atoms with Gasteiger partial charge in [-0.05, 0) is 18.6 Å². The van der Waals surface area contributed by atoms with Crippen LogP contribution in [0.1, 0.15) is 31.9 Å². The highest BCUT2D eigenvalue weighted by Gasteiger charge is 2.07. The fraction of sp³-hybridized carbons (Fsp3) is 0.429. The Morgan fingerprint density at radius 1 is 1.37 bits per heavy atom. The van der Waals surface area contributed by atoms with Crippen molar-refractivity contribution in [3.63, 3.8) is 0 Å². The number of carbonyl (C=O) groups excluding carboxylic acids is 1. The van der Waals surface area contributed by atoms with E-state index < -0.39 is 0 Å². The minimum Gasteiger partial charge on any atom is -0.356 e. The number of halogens is 1. The molecule has 2 heterocycles. The van der Waals surface area contributed by atoms with Crippen LogP contribution in [0.3, 0.4) is 0 Å². The van der Waals surface area contributed by atoms with E-state index in [1.165, 1.54) is 12.3 Å². The van der Waals surface area contributed by atoms with Crippen molar-refractivity contribution >= 4 is 11.6 Å². The van der Waals surface area contributed by atoms with Crippen molar-refractivity contribution in [3.05, 3.63) is 36.0 Å². The molecule has 1 N–H and O–H groups in total. The van der Waals surface area contributed by atoms with E-state index in [-0.39, 0.29) is 18.1 Å². The van der Waals surface area contributed by atoms with E-state index in [0.29, 0.717) is 17.9 Å². The average molecular weight is 263 g/mol. The maximum atomic E-state index is 13.0. The molecule has 2 rings (SSSR count). The first-order chi connectivity index (χ1) is 9.19. The summed E-state index contributed by atoms with van der Waals surface area (Å²) in [4.78, 5) is 16.0. The molecule has 0 aliphatic heterocycles. The normalized spacial score (nSPS) is 10.8. The molecule has 2 aromatic heterocycles. The second kappa shape index (κ2) is 6.31. The summed E-state index contributed by atoms with van der Waals surface area (Å²) in [6.45, 7) is 2.83. The molecule has 0 aliphatic carbocycles. The maximum absolute atomic E-state index is 13.0. The molecule has 0 fully saturated rings. The predicted molar refractivity (Wildman–Crippen MR) is 71.4 cm³/mol. The molecule has 0 bridgehead atoms. The fourth-order valence-electron chi connectivity index (χ4n) is 1.93. The number of carbonyl (C=O) groups is 1. The van der Waals surface area contributed by atoms with Crippen LogP contribution in [0, 0.1) is 5.82 Å². The van der Waals surface area contributed by atoms with Gasteiger partial charge in [-0.3, -0.25) is 4.79 Å². The summed E-state index contributed by atoms with van der Waals surface area (Å²) < 4.78 is 14.6. The van der Waals surface area contributed by atoms with Gasteiger partial charge in [0.1, 0.15) is 11.5 Å². The van der Waals surface area contributed by atoms with Gasteiger partial charge in [0.05, 0.1) is 12.1 Å². The topological polar surface area (TPSA) is 46.4 Å². The van der Waals surface area contributed by atoms with E-state index in [1.807, 2.05) is 0 Å².